The zero-order valence-corrected chi connectivity index (χ0v) is 37.0. The lowest BCUT2D eigenvalue weighted by atomic mass is 9.03. The molecule has 8 nitrogen and oxygen atoms in total. The highest BCUT2D eigenvalue weighted by atomic mass is 28.6. The van der Waals surface area contributed by atoms with E-state index in [0.29, 0.717) is 71.0 Å². The summed E-state index contributed by atoms with van der Waals surface area (Å²) in [6, 6.07) is 0. The summed E-state index contributed by atoms with van der Waals surface area (Å²) in [4.78, 5) is 27.7. The van der Waals surface area contributed by atoms with E-state index >= 15 is 0 Å². The molecule has 24 fully saturated rings. The predicted octanol–water partition coefficient (Wildman–Crippen LogP) is 4.13. The number of hydrogen-bond donors (Lipinski definition) is 2. The zero-order chi connectivity index (χ0) is 35.9. The van der Waals surface area contributed by atoms with Crippen molar-refractivity contribution in [3.05, 3.63) is 0 Å². The fourth-order valence-electron chi connectivity index (χ4n) is 33.1. The topological polar surface area (TPSA) is 95.8 Å². The molecule has 6 spiro atoms. The van der Waals surface area contributed by atoms with Gasteiger partial charge in [-0.1, -0.05) is 0 Å². The Hall–Kier alpha value is 0.548. The molecule has 24 aliphatic rings. The third-order valence-corrected chi connectivity index (χ3v) is 50.3. The molecular weight excluding hydrogens is 793 g/mol. The third-order valence-electron chi connectivity index (χ3n) is 32.2. The van der Waals surface area contributed by atoms with Gasteiger partial charge in [0.15, 0.2) is 0 Å². The van der Waals surface area contributed by atoms with Gasteiger partial charge in [-0.15, -0.1) is 0 Å². The molecule has 0 amide bonds. The molecule has 300 valence electrons. The second kappa shape index (κ2) is 6.63. The van der Waals surface area contributed by atoms with Crippen LogP contribution in [-0.2, 0) is 25.3 Å². The van der Waals surface area contributed by atoms with E-state index in [1.165, 1.54) is 25.7 Å². The Bertz CT molecular complexity index is 2330. The highest BCUT2D eigenvalue weighted by Crippen LogP contribution is 3.14. The summed E-state index contributed by atoms with van der Waals surface area (Å²) in [5.74, 6) is 29.5. The lowest BCUT2D eigenvalue weighted by Gasteiger charge is -3.05. The molecule has 0 aromatic heterocycles. The van der Waals surface area contributed by atoms with Gasteiger partial charge in [0, 0.05) is 34.4 Å². The Balaban J connectivity index is 0.727. The van der Waals surface area contributed by atoms with E-state index in [-0.39, 0.29) is 20.2 Å². The zero-order valence-electron chi connectivity index (χ0n) is 33.0. The molecule has 24 rings (SSSR count). The maximum absolute atomic E-state index is 13.9. The van der Waals surface area contributed by atoms with Crippen LogP contribution in [0.25, 0.3) is 0 Å². The van der Waals surface area contributed by atoms with Gasteiger partial charge in [0.25, 0.3) is 0 Å². The van der Waals surface area contributed by atoms with E-state index in [0.717, 1.165) is 142 Å². The summed E-state index contributed by atoms with van der Waals surface area (Å²) in [5, 5.41) is -0.227. The van der Waals surface area contributed by atoms with Gasteiger partial charge in [-0.05, 0) is 239 Å². The summed E-state index contributed by atoms with van der Waals surface area (Å²) in [5.41, 5.74) is 0. The molecule has 0 bridgehead atoms. The fourth-order valence-corrected chi connectivity index (χ4v) is 57.7. The predicted molar refractivity (Wildman–Crippen MR) is 201 cm³/mol. The van der Waals surface area contributed by atoms with Crippen molar-refractivity contribution in [2.24, 2.45) is 213 Å². The molecule has 21 aliphatic carbocycles. The van der Waals surface area contributed by atoms with Crippen LogP contribution in [0.5, 0.6) is 0 Å². The number of hydrogen-bond acceptors (Lipinski definition) is 8. The first-order chi connectivity index (χ1) is 28.4. The lowest BCUT2D eigenvalue weighted by molar-refractivity contribution is -0.542. The number of rotatable bonds is 2. The van der Waals surface area contributed by atoms with E-state index in [1.807, 2.05) is 14.2 Å². The maximum Gasteiger partial charge on any atom is 0.498 e. The van der Waals surface area contributed by atoms with E-state index in [2.05, 4.69) is 0 Å². The average molecular weight is 845 g/mol. The molecular formula is C46H52O8Si4. The Kier molecular flexibility index (Phi) is 3.25. The fraction of sp³-hybridized carbons (Fsp3) is 1.00. The highest BCUT2D eigenvalue weighted by molar-refractivity contribution is 6.98. The first-order valence-corrected chi connectivity index (χ1v) is 32.7. The molecule has 42 unspecified atom stereocenters. The molecule has 0 aromatic rings. The van der Waals surface area contributed by atoms with Gasteiger partial charge < -0.3 is 34.9 Å². The molecule has 12 heteroatoms. The van der Waals surface area contributed by atoms with Crippen LogP contribution < -0.4 is 0 Å². The molecule has 3 aliphatic heterocycles. The van der Waals surface area contributed by atoms with E-state index < -0.39 is 35.2 Å². The smallest absolute Gasteiger partial charge is 0.390 e. The van der Waals surface area contributed by atoms with Crippen LogP contribution in [0.1, 0.15) is 25.7 Å². The van der Waals surface area contributed by atoms with Gasteiger partial charge in [-0.25, -0.2) is 0 Å². The number of fused-ring (bicyclic) bond motifs is 36. The van der Waals surface area contributed by atoms with E-state index in [4.69, 9.17) is 25.3 Å². The lowest BCUT2D eigenvalue weighted by Crippen LogP contribution is -3.06. The van der Waals surface area contributed by atoms with E-state index in [1.54, 1.807) is 0 Å². The van der Waals surface area contributed by atoms with Crippen molar-refractivity contribution >= 4 is 35.2 Å². The molecule has 2 N–H and O–H groups in total. The minimum absolute atomic E-state index is 0.00594. The van der Waals surface area contributed by atoms with Crippen LogP contribution in [0.3, 0.4) is 0 Å². The van der Waals surface area contributed by atoms with Gasteiger partial charge in [-0.3, -0.25) is 0 Å². The minimum Gasteiger partial charge on any atom is -0.390 e. The normalized spacial score (nSPS) is 97.4. The van der Waals surface area contributed by atoms with Gasteiger partial charge in [0.1, 0.15) is 0 Å². The molecule has 0 aromatic carbocycles. The molecule has 0 radical (unpaired) electrons. The molecule has 3 saturated heterocycles. The van der Waals surface area contributed by atoms with E-state index in [9.17, 15) is 9.59 Å². The maximum atomic E-state index is 13.9. The Morgan fingerprint density at radius 3 is 0.914 bits per heavy atom. The van der Waals surface area contributed by atoms with Crippen LogP contribution in [0.2, 0.25) is 20.2 Å². The van der Waals surface area contributed by atoms with Gasteiger partial charge in [0.05, 0.1) is 0 Å². The van der Waals surface area contributed by atoms with Gasteiger partial charge in [-0.2, -0.15) is 0 Å². The van der Waals surface area contributed by atoms with Crippen LogP contribution in [-0.4, -0.2) is 59.0 Å². The molecule has 58 heavy (non-hydrogen) atoms. The highest BCUT2D eigenvalue weighted by Gasteiger charge is 3.16. The second-order valence-corrected chi connectivity index (χ2v) is 40.6. The largest absolute Gasteiger partial charge is 0.498 e. The van der Waals surface area contributed by atoms with Crippen molar-refractivity contribution in [3.8, 4) is 0 Å². The monoisotopic (exact) mass is 844 g/mol. The van der Waals surface area contributed by atoms with Crippen LogP contribution >= 0.6 is 0 Å². The van der Waals surface area contributed by atoms with Crippen molar-refractivity contribution in [2.75, 3.05) is 14.2 Å². The van der Waals surface area contributed by atoms with Crippen LogP contribution in [0.15, 0.2) is 0 Å². The third kappa shape index (κ3) is 1.58. The first kappa shape index (κ1) is 28.5. The van der Waals surface area contributed by atoms with Gasteiger partial charge in [0.2, 0.25) is 0 Å². The average Bonchev–Trinajstić information content (AvgIpc) is 3.19. The van der Waals surface area contributed by atoms with Crippen molar-refractivity contribution in [3.63, 3.8) is 0 Å². The van der Waals surface area contributed by atoms with Crippen molar-refractivity contribution in [1.82, 2.24) is 0 Å². The first-order valence-electron chi connectivity index (χ1n) is 25.7. The van der Waals surface area contributed by atoms with Crippen LogP contribution in [0.4, 0.5) is 0 Å². The Morgan fingerprint density at radius 1 is 0.328 bits per heavy atom. The SMILES string of the molecule is CO[Si]1(O)O[Si]23O[Si]4(O[Si](O)(OC)C56C7C8C9CCC9C8C7C5C5C7C(C56)C5C7C6C7C8C9C(C8C7C564)C4C9C5C6C7C8C9C%10C%11C%12CCC%12C%11C%10C91C8C7C6C452)O3. The summed E-state index contributed by atoms with van der Waals surface area (Å²) in [6.45, 7) is 0. The standard InChI is InChI=1S/C46H52O8Si4/c1-49-55(47)43-31-13-9-5-3-7(9)11(13)21(31)35(43)25-17-27(37(25)43)41-29(17)39-23-15-16-20-19(15)33(23)45(39,41)57(51-55)53-58(54-57)46-34(20)24(16)40(46)30-18-26-36-22-12-8-4-6-10(8)14(12)32(22)44(36,56(48,50-2)52-58)38(26)28(18)42(30)46/h7-42,47-48H,3-6H2,1-2H3. The Morgan fingerprint density at radius 2 is 0.586 bits per heavy atom. The summed E-state index contributed by atoms with van der Waals surface area (Å²) < 4.78 is 46.8. The van der Waals surface area contributed by atoms with Gasteiger partial charge >= 0.3 is 35.2 Å². The quantitative estimate of drug-likeness (QED) is 0.317. The minimum atomic E-state index is -3.77. The second-order valence-electron chi connectivity index (χ2n) is 28.5. The summed E-state index contributed by atoms with van der Waals surface area (Å²) in [7, 11) is -10.9. The van der Waals surface area contributed by atoms with Crippen molar-refractivity contribution < 1.29 is 34.9 Å². The molecule has 3 heterocycles. The molecule has 21 saturated carbocycles. The summed E-state index contributed by atoms with van der Waals surface area (Å²) in [6.07, 6.45) is 5.81. The molecule has 42 atom stereocenters. The summed E-state index contributed by atoms with van der Waals surface area (Å²) >= 11 is 0. The van der Waals surface area contributed by atoms with Crippen molar-refractivity contribution in [2.45, 2.75) is 45.8 Å². The van der Waals surface area contributed by atoms with Crippen LogP contribution in [0, 0.1) is 213 Å². The van der Waals surface area contributed by atoms with Crippen molar-refractivity contribution in [1.29, 1.82) is 0 Å². The Labute approximate surface area is 341 Å².